The highest BCUT2D eigenvalue weighted by molar-refractivity contribution is 9.10. The molecule has 0 saturated heterocycles. The molecule has 0 aromatic heterocycles. The van der Waals surface area contributed by atoms with Crippen LogP contribution < -0.4 is 10.6 Å². The van der Waals surface area contributed by atoms with E-state index in [1.165, 1.54) is 6.08 Å². The fourth-order valence-electron chi connectivity index (χ4n) is 1.30. The summed E-state index contributed by atoms with van der Waals surface area (Å²) in [5.74, 6) is -1.12. The Balaban J connectivity index is 2.68. The minimum Gasteiger partial charge on any atom is -0.480 e. The fraction of sp³-hybridized carbons (Fsp3) is 0.167. The van der Waals surface area contributed by atoms with Crippen LogP contribution in [-0.2, 0) is 4.79 Å². The van der Waals surface area contributed by atoms with E-state index in [4.69, 9.17) is 16.7 Å². The summed E-state index contributed by atoms with van der Waals surface area (Å²) in [4.78, 5) is 22.5. The molecule has 0 aliphatic rings. The number of carboxylic acid groups (broad SMARTS) is 1. The molecule has 19 heavy (non-hydrogen) atoms. The lowest BCUT2D eigenvalue weighted by Crippen LogP contribution is -2.42. The zero-order valence-corrected chi connectivity index (χ0v) is 12.2. The second kappa shape index (κ2) is 7.16. The van der Waals surface area contributed by atoms with Crippen LogP contribution in [0.1, 0.15) is 6.42 Å². The van der Waals surface area contributed by atoms with E-state index in [-0.39, 0.29) is 6.42 Å². The molecule has 1 aromatic rings. The van der Waals surface area contributed by atoms with Crippen LogP contribution in [0.25, 0.3) is 0 Å². The molecule has 5 nitrogen and oxygen atoms in total. The first-order valence-electron chi connectivity index (χ1n) is 5.30. The average molecular weight is 348 g/mol. The molecule has 0 radical (unpaired) electrons. The molecule has 0 saturated carbocycles. The molecule has 7 heteroatoms. The molecule has 0 aliphatic carbocycles. The van der Waals surface area contributed by atoms with Crippen LogP contribution in [0.3, 0.4) is 0 Å². The van der Waals surface area contributed by atoms with Crippen LogP contribution in [0.2, 0.25) is 5.02 Å². The second-order valence-electron chi connectivity index (χ2n) is 3.64. The van der Waals surface area contributed by atoms with E-state index in [0.717, 1.165) is 0 Å². The van der Waals surface area contributed by atoms with Crippen molar-refractivity contribution in [1.29, 1.82) is 0 Å². The monoisotopic (exact) mass is 346 g/mol. The van der Waals surface area contributed by atoms with Crippen LogP contribution in [0.4, 0.5) is 10.5 Å². The smallest absolute Gasteiger partial charge is 0.326 e. The van der Waals surface area contributed by atoms with Crippen molar-refractivity contribution in [3.63, 3.8) is 0 Å². The maximum Gasteiger partial charge on any atom is 0.326 e. The number of carbonyl (C=O) groups is 2. The number of carboxylic acids is 1. The number of urea groups is 1. The van der Waals surface area contributed by atoms with Crippen LogP contribution in [-0.4, -0.2) is 23.1 Å². The molecule has 1 rings (SSSR count). The molecule has 1 atom stereocenters. The predicted octanol–water partition coefficient (Wildman–Crippen LogP) is 3.25. The minimum atomic E-state index is -1.12. The van der Waals surface area contributed by atoms with Gasteiger partial charge in [0.05, 0.1) is 5.69 Å². The number of carbonyl (C=O) groups excluding carboxylic acids is 1. The molecule has 2 amide bonds. The Morgan fingerprint density at radius 3 is 2.74 bits per heavy atom. The molecule has 3 N–H and O–H groups in total. The highest BCUT2D eigenvalue weighted by Gasteiger charge is 2.18. The van der Waals surface area contributed by atoms with Gasteiger partial charge in [0, 0.05) is 9.50 Å². The van der Waals surface area contributed by atoms with Gasteiger partial charge in [0.25, 0.3) is 0 Å². The Morgan fingerprint density at radius 2 is 2.21 bits per heavy atom. The van der Waals surface area contributed by atoms with Gasteiger partial charge in [0.1, 0.15) is 6.04 Å². The van der Waals surface area contributed by atoms with E-state index in [2.05, 4.69) is 33.1 Å². The van der Waals surface area contributed by atoms with Gasteiger partial charge in [-0.1, -0.05) is 17.7 Å². The number of halogens is 2. The zero-order valence-electron chi connectivity index (χ0n) is 9.82. The van der Waals surface area contributed by atoms with Gasteiger partial charge in [-0.15, -0.1) is 6.58 Å². The maximum atomic E-state index is 11.7. The molecular weight excluding hydrogens is 336 g/mol. The molecule has 102 valence electrons. The quantitative estimate of drug-likeness (QED) is 0.715. The van der Waals surface area contributed by atoms with Gasteiger partial charge in [-0.2, -0.15) is 0 Å². The Hall–Kier alpha value is -1.53. The number of benzene rings is 1. The minimum absolute atomic E-state index is 0.143. The number of anilines is 1. The van der Waals surface area contributed by atoms with Crippen molar-refractivity contribution < 1.29 is 14.7 Å². The Morgan fingerprint density at radius 1 is 1.53 bits per heavy atom. The summed E-state index contributed by atoms with van der Waals surface area (Å²) < 4.78 is 0.603. The van der Waals surface area contributed by atoms with E-state index >= 15 is 0 Å². The molecule has 0 bridgehead atoms. The summed E-state index contributed by atoms with van der Waals surface area (Å²) in [6, 6.07) is 3.21. The highest BCUT2D eigenvalue weighted by Crippen LogP contribution is 2.25. The highest BCUT2D eigenvalue weighted by atomic mass is 79.9. The van der Waals surface area contributed by atoms with Crippen LogP contribution in [0.15, 0.2) is 35.3 Å². The number of nitrogens with one attached hydrogen (secondary N) is 2. The summed E-state index contributed by atoms with van der Waals surface area (Å²) in [5.41, 5.74) is 0.490. The first-order chi connectivity index (χ1) is 8.93. The van der Waals surface area contributed by atoms with E-state index in [9.17, 15) is 9.59 Å². The fourth-order valence-corrected chi connectivity index (χ4v) is 2.08. The lowest BCUT2D eigenvalue weighted by Gasteiger charge is -2.14. The van der Waals surface area contributed by atoms with Crippen LogP contribution in [0, 0.1) is 0 Å². The number of amides is 2. The number of rotatable bonds is 5. The SMILES string of the molecule is C=CCC(NC(=O)Nc1ccc(Cl)cc1Br)C(=O)O. The summed E-state index contributed by atoms with van der Waals surface area (Å²) in [6.45, 7) is 3.44. The van der Waals surface area contributed by atoms with Crippen molar-refractivity contribution in [1.82, 2.24) is 5.32 Å². The Bertz CT molecular complexity index is 508. The van der Waals surface area contributed by atoms with Crippen molar-refractivity contribution in [2.75, 3.05) is 5.32 Å². The summed E-state index contributed by atoms with van der Waals surface area (Å²) in [7, 11) is 0. The second-order valence-corrected chi connectivity index (χ2v) is 4.93. The van der Waals surface area contributed by atoms with Crippen molar-refractivity contribution in [2.24, 2.45) is 0 Å². The number of hydrogen-bond donors (Lipinski definition) is 3. The average Bonchev–Trinajstić information content (AvgIpc) is 2.32. The molecular formula is C12H12BrClN2O3. The predicted molar refractivity (Wildman–Crippen MR) is 77.5 cm³/mol. The van der Waals surface area contributed by atoms with Crippen molar-refractivity contribution in [3.8, 4) is 0 Å². The van der Waals surface area contributed by atoms with Gasteiger partial charge < -0.3 is 15.7 Å². The van der Waals surface area contributed by atoms with Gasteiger partial charge in [-0.25, -0.2) is 9.59 Å². The third kappa shape index (κ3) is 4.92. The van der Waals surface area contributed by atoms with E-state index < -0.39 is 18.0 Å². The van der Waals surface area contributed by atoms with Gasteiger partial charge in [0.15, 0.2) is 0 Å². The molecule has 0 fully saturated rings. The molecule has 0 heterocycles. The van der Waals surface area contributed by atoms with Gasteiger partial charge in [-0.3, -0.25) is 0 Å². The molecule has 0 spiro atoms. The Kier molecular flexibility index (Phi) is 5.85. The summed E-state index contributed by atoms with van der Waals surface area (Å²) >= 11 is 9.02. The lowest BCUT2D eigenvalue weighted by atomic mass is 10.2. The van der Waals surface area contributed by atoms with Crippen LogP contribution >= 0.6 is 27.5 Å². The number of aliphatic carboxylic acids is 1. The summed E-state index contributed by atoms with van der Waals surface area (Å²) in [6.07, 6.45) is 1.57. The first kappa shape index (κ1) is 15.5. The van der Waals surface area contributed by atoms with E-state index in [1.807, 2.05) is 0 Å². The summed E-state index contributed by atoms with van der Waals surface area (Å²) in [5, 5.41) is 14.3. The van der Waals surface area contributed by atoms with Crippen molar-refractivity contribution in [3.05, 3.63) is 40.3 Å². The van der Waals surface area contributed by atoms with Gasteiger partial charge in [-0.05, 0) is 40.5 Å². The first-order valence-corrected chi connectivity index (χ1v) is 6.47. The molecule has 1 unspecified atom stereocenters. The van der Waals surface area contributed by atoms with E-state index in [0.29, 0.717) is 15.2 Å². The lowest BCUT2D eigenvalue weighted by molar-refractivity contribution is -0.139. The zero-order chi connectivity index (χ0) is 14.4. The van der Waals surface area contributed by atoms with Gasteiger partial charge in [0.2, 0.25) is 0 Å². The van der Waals surface area contributed by atoms with Crippen molar-refractivity contribution in [2.45, 2.75) is 12.5 Å². The van der Waals surface area contributed by atoms with Gasteiger partial charge >= 0.3 is 12.0 Å². The Labute approximate surface area is 123 Å². The van der Waals surface area contributed by atoms with Crippen LogP contribution in [0.5, 0.6) is 0 Å². The standard InChI is InChI=1S/C12H12BrClN2O3/c1-2-3-10(11(17)18)16-12(19)15-9-5-4-7(14)6-8(9)13/h2,4-6,10H,1,3H2,(H,17,18)(H2,15,16,19). The number of hydrogen-bond acceptors (Lipinski definition) is 2. The molecule has 1 aromatic carbocycles. The normalized spacial score (nSPS) is 11.5. The third-order valence-electron chi connectivity index (χ3n) is 2.19. The molecule has 0 aliphatic heterocycles. The topological polar surface area (TPSA) is 78.4 Å². The van der Waals surface area contributed by atoms with Crippen molar-refractivity contribution >= 4 is 45.2 Å². The van der Waals surface area contributed by atoms with E-state index in [1.54, 1.807) is 18.2 Å². The largest absolute Gasteiger partial charge is 0.480 e. The third-order valence-corrected chi connectivity index (χ3v) is 3.08. The maximum absolute atomic E-state index is 11.7.